The van der Waals surface area contributed by atoms with Crippen LogP contribution in [0.5, 0.6) is 0 Å². The van der Waals surface area contributed by atoms with Gasteiger partial charge >= 0.3 is 23.9 Å². The molecule has 0 aliphatic rings. The largest absolute Gasteiger partial charge is 0.480 e. The number of carboxylic acid groups (broad SMARTS) is 2. The van der Waals surface area contributed by atoms with Gasteiger partial charge in [0.25, 0.3) is 0 Å². The first-order chi connectivity index (χ1) is 19.0. The highest BCUT2D eigenvalue weighted by molar-refractivity contribution is 5.76. The van der Waals surface area contributed by atoms with Crippen molar-refractivity contribution < 1.29 is 38.9 Å². The standard InChI is InChI=1S/2C14H20N2O4/c2*15-11(13(17)18)7-4-8-12(16)14(19)20-9-10-5-2-1-3-6-10/h2*1-3,5-6,11-12H,4,7-9,15-16H2,(H,17,18)/t2*11-,12?/m00/s1. The van der Waals surface area contributed by atoms with Crippen molar-refractivity contribution in [1.29, 1.82) is 0 Å². The molecular formula is C28H40N4O8. The number of carboxylic acids is 2. The van der Waals surface area contributed by atoms with Gasteiger partial charge in [0.2, 0.25) is 0 Å². The van der Waals surface area contributed by atoms with E-state index in [4.69, 9.17) is 42.6 Å². The molecule has 0 fully saturated rings. The van der Waals surface area contributed by atoms with E-state index in [0.29, 0.717) is 25.7 Å². The Labute approximate surface area is 233 Å². The van der Waals surface area contributed by atoms with Crippen LogP contribution < -0.4 is 22.9 Å². The fraction of sp³-hybridized carbons (Fsp3) is 0.429. The Morgan fingerprint density at radius 2 is 0.850 bits per heavy atom. The summed E-state index contributed by atoms with van der Waals surface area (Å²) in [6.07, 6.45) is 2.22. The minimum absolute atomic E-state index is 0.183. The molecule has 4 atom stereocenters. The van der Waals surface area contributed by atoms with Gasteiger partial charge in [-0.1, -0.05) is 60.7 Å². The zero-order chi connectivity index (χ0) is 29.9. The van der Waals surface area contributed by atoms with Crippen molar-refractivity contribution in [3.63, 3.8) is 0 Å². The second-order valence-corrected chi connectivity index (χ2v) is 9.15. The van der Waals surface area contributed by atoms with Crippen LogP contribution in [0.3, 0.4) is 0 Å². The van der Waals surface area contributed by atoms with Gasteiger partial charge in [0, 0.05) is 0 Å². The monoisotopic (exact) mass is 560 g/mol. The Hall–Kier alpha value is -3.84. The quantitative estimate of drug-likeness (QED) is 0.159. The molecule has 12 nitrogen and oxygen atoms in total. The average molecular weight is 561 g/mol. The first-order valence-corrected chi connectivity index (χ1v) is 12.9. The summed E-state index contributed by atoms with van der Waals surface area (Å²) in [6, 6.07) is 15.3. The molecule has 2 rings (SSSR count). The molecule has 0 aliphatic heterocycles. The lowest BCUT2D eigenvalue weighted by molar-refractivity contribution is -0.147. The maximum atomic E-state index is 11.6. The number of hydrogen-bond donors (Lipinski definition) is 6. The second kappa shape index (κ2) is 19.3. The van der Waals surface area contributed by atoms with Crippen LogP contribution in [0.2, 0.25) is 0 Å². The average Bonchev–Trinajstić information content (AvgIpc) is 2.95. The van der Waals surface area contributed by atoms with Gasteiger partial charge < -0.3 is 42.6 Å². The molecule has 0 spiro atoms. The second-order valence-electron chi connectivity index (χ2n) is 9.15. The third-order valence-corrected chi connectivity index (χ3v) is 5.75. The van der Waals surface area contributed by atoms with Gasteiger partial charge in [0.15, 0.2) is 0 Å². The summed E-state index contributed by atoms with van der Waals surface area (Å²) in [6.45, 7) is 0.365. The van der Waals surface area contributed by atoms with Gasteiger partial charge in [-0.2, -0.15) is 0 Å². The number of ether oxygens (including phenoxy) is 2. The lowest BCUT2D eigenvalue weighted by Crippen LogP contribution is -2.34. The number of esters is 2. The molecule has 0 bridgehead atoms. The molecule has 12 heteroatoms. The van der Waals surface area contributed by atoms with Crippen LogP contribution in [0.1, 0.15) is 49.7 Å². The van der Waals surface area contributed by atoms with Crippen LogP contribution in [0.15, 0.2) is 60.7 Å². The minimum Gasteiger partial charge on any atom is -0.480 e. The molecule has 0 saturated heterocycles. The van der Waals surface area contributed by atoms with Gasteiger partial charge in [0.05, 0.1) is 0 Å². The van der Waals surface area contributed by atoms with Crippen LogP contribution in [-0.2, 0) is 41.9 Å². The van der Waals surface area contributed by atoms with Crippen molar-refractivity contribution in [1.82, 2.24) is 0 Å². The van der Waals surface area contributed by atoms with E-state index in [0.717, 1.165) is 11.1 Å². The molecule has 2 aromatic rings. The molecule has 2 unspecified atom stereocenters. The normalized spacial score (nSPS) is 13.5. The summed E-state index contributed by atoms with van der Waals surface area (Å²) >= 11 is 0. The highest BCUT2D eigenvalue weighted by atomic mass is 16.5. The molecule has 0 amide bonds. The molecule has 0 heterocycles. The Morgan fingerprint density at radius 1 is 0.550 bits per heavy atom. The number of aliphatic carboxylic acids is 2. The highest BCUT2D eigenvalue weighted by Gasteiger charge is 2.18. The molecule has 2 aromatic carbocycles. The van der Waals surface area contributed by atoms with Crippen molar-refractivity contribution in [3.8, 4) is 0 Å². The van der Waals surface area contributed by atoms with Crippen molar-refractivity contribution in [2.45, 2.75) is 75.9 Å². The summed E-state index contributed by atoms with van der Waals surface area (Å²) in [7, 11) is 0. The summed E-state index contributed by atoms with van der Waals surface area (Å²) in [5.74, 6) is -3.08. The summed E-state index contributed by atoms with van der Waals surface area (Å²) < 4.78 is 10.2. The third kappa shape index (κ3) is 14.9. The zero-order valence-corrected chi connectivity index (χ0v) is 22.4. The molecule has 0 radical (unpaired) electrons. The Kier molecular flexibility index (Phi) is 16.5. The zero-order valence-electron chi connectivity index (χ0n) is 22.4. The maximum Gasteiger partial charge on any atom is 0.323 e. The summed E-state index contributed by atoms with van der Waals surface area (Å²) in [5.41, 5.74) is 23.9. The van der Waals surface area contributed by atoms with Gasteiger partial charge in [-0.3, -0.25) is 19.2 Å². The molecule has 40 heavy (non-hydrogen) atoms. The number of benzene rings is 2. The maximum absolute atomic E-state index is 11.6. The van der Waals surface area contributed by atoms with Crippen LogP contribution >= 0.6 is 0 Å². The predicted octanol–water partition coefficient (Wildman–Crippen LogP) is 1.28. The smallest absolute Gasteiger partial charge is 0.323 e. The SMILES string of the molecule is NC(CCC[C@H](N)C(=O)O)C(=O)OCc1ccccc1.NC(CCC[C@H](N)C(=O)O)C(=O)OCc1ccccc1. The first-order valence-electron chi connectivity index (χ1n) is 12.9. The van der Waals surface area contributed by atoms with E-state index in [1.165, 1.54) is 0 Å². The van der Waals surface area contributed by atoms with Gasteiger partial charge in [0.1, 0.15) is 37.4 Å². The fourth-order valence-electron chi connectivity index (χ4n) is 3.27. The Bertz CT molecular complexity index is 956. The van der Waals surface area contributed by atoms with E-state index in [1.807, 2.05) is 60.7 Å². The number of carbonyl (C=O) groups is 4. The van der Waals surface area contributed by atoms with Crippen LogP contribution in [0, 0.1) is 0 Å². The molecule has 10 N–H and O–H groups in total. The van der Waals surface area contributed by atoms with Crippen LogP contribution in [0.4, 0.5) is 0 Å². The topological polar surface area (TPSA) is 231 Å². The van der Waals surface area contributed by atoms with Gasteiger partial charge in [-0.25, -0.2) is 0 Å². The molecule has 220 valence electrons. The first kappa shape index (κ1) is 34.2. The van der Waals surface area contributed by atoms with Crippen LogP contribution in [-0.4, -0.2) is 58.3 Å². The van der Waals surface area contributed by atoms with Crippen LogP contribution in [0.25, 0.3) is 0 Å². The molecular weight excluding hydrogens is 520 g/mol. The predicted molar refractivity (Wildman–Crippen MR) is 147 cm³/mol. The van der Waals surface area contributed by atoms with E-state index >= 15 is 0 Å². The van der Waals surface area contributed by atoms with E-state index in [9.17, 15) is 19.2 Å². The van der Waals surface area contributed by atoms with Crippen molar-refractivity contribution in [3.05, 3.63) is 71.8 Å². The third-order valence-electron chi connectivity index (χ3n) is 5.75. The van der Waals surface area contributed by atoms with Crippen molar-refractivity contribution in [2.24, 2.45) is 22.9 Å². The summed E-state index contributed by atoms with van der Waals surface area (Å²) in [5, 5.41) is 17.2. The molecule has 0 saturated carbocycles. The Morgan fingerprint density at radius 3 is 1.15 bits per heavy atom. The van der Waals surface area contributed by atoms with Crippen molar-refractivity contribution in [2.75, 3.05) is 0 Å². The van der Waals surface area contributed by atoms with Gasteiger partial charge in [-0.05, 0) is 49.7 Å². The van der Waals surface area contributed by atoms with E-state index < -0.39 is 48.0 Å². The lowest BCUT2D eigenvalue weighted by Gasteiger charge is -2.12. The number of rotatable bonds is 16. The van der Waals surface area contributed by atoms with Crippen molar-refractivity contribution >= 4 is 23.9 Å². The highest BCUT2D eigenvalue weighted by Crippen LogP contribution is 2.07. The molecule has 0 aromatic heterocycles. The minimum atomic E-state index is -1.05. The van der Waals surface area contributed by atoms with E-state index in [2.05, 4.69) is 0 Å². The van der Waals surface area contributed by atoms with E-state index in [1.54, 1.807) is 0 Å². The Balaban J connectivity index is 0.000000400. The van der Waals surface area contributed by atoms with Gasteiger partial charge in [-0.15, -0.1) is 0 Å². The summed E-state index contributed by atoms with van der Waals surface area (Å²) in [4.78, 5) is 44.3. The molecule has 0 aliphatic carbocycles. The fourth-order valence-corrected chi connectivity index (χ4v) is 3.27. The lowest BCUT2D eigenvalue weighted by atomic mass is 10.1. The van der Waals surface area contributed by atoms with E-state index in [-0.39, 0.29) is 26.1 Å². The number of carbonyl (C=O) groups excluding carboxylic acids is 2. The number of nitrogens with two attached hydrogens (primary N) is 4. The number of hydrogen-bond acceptors (Lipinski definition) is 10.